The van der Waals surface area contributed by atoms with Crippen molar-refractivity contribution in [3.63, 3.8) is 0 Å². The van der Waals surface area contributed by atoms with E-state index in [9.17, 15) is 8.42 Å². The molecule has 0 fully saturated rings. The van der Waals surface area contributed by atoms with Crippen LogP contribution in [0.5, 0.6) is 0 Å². The maximum absolute atomic E-state index is 11.6. The van der Waals surface area contributed by atoms with Crippen molar-refractivity contribution in [2.24, 2.45) is 0 Å². The minimum atomic E-state index is -3.72. The van der Waals surface area contributed by atoms with Crippen molar-refractivity contribution in [3.05, 3.63) is 0 Å². The van der Waals surface area contributed by atoms with E-state index in [1.165, 1.54) is 0 Å². The van der Waals surface area contributed by atoms with Gasteiger partial charge in [0.25, 0.3) is 0 Å². The molecule has 0 aromatic rings. The molecule has 0 saturated carbocycles. The molecule has 0 radical (unpaired) electrons. The van der Waals surface area contributed by atoms with E-state index in [1.54, 1.807) is 0 Å². The molecule has 0 saturated heterocycles. The second kappa shape index (κ2) is 6.71. The summed E-state index contributed by atoms with van der Waals surface area (Å²) in [5.41, 5.74) is 0. The molecule has 0 amide bonds. The lowest BCUT2D eigenvalue weighted by atomic mass is 10.3. The fraction of sp³-hybridized carbons (Fsp3) is 0.800. The third-order valence-corrected chi connectivity index (χ3v) is 3.87. The summed E-state index contributed by atoms with van der Waals surface area (Å²) in [7, 11) is -3.72. The lowest BCUT2D eigenvalue weighted by Crippen LogP contribution is -2.22. The summed E-state index contributed by atoms with van der Waals surface area (Å²) in [5, 5.41) is 14.3. The maximum Gasteiger partial charge on any atom is 0.231 e. The van der Waals surface area contributed by atoms with E-state index in [1.807, 2.05) is 13.8 Å². The van der Waals surface area contributed by atoms with Gasteiger partial charge >= 0.3 is 0 Å². The first-order valence-corrected chi connectivity index (χ1v) is 6.85. The van der Waals surface area contributed by atoms with Crippen molar-refractivity contribution in [2.75, 3.05) is 0 Å². The number of sulfone groups is 1. The molecule has 0 aromatic heterocycles. The zero-order valence-electron chi connectivity index (χ0n) is 9.47. The highest BCUT2D eigenvalue weighted by atomic mass is 32.2. The molecular weight excluding hydrogens is 212 g/mol. The Kier molecular flexibility index (Phi) is 6.40. The van der Waals surface area contributed by atoms with Gasteiger partial charge in [-0.1, -0.05) is 26.7 Å². The third kappa shape index (κ3) is 4.55. The molecule has 15 heavy (non-hydrogen) atoms. The molecule has 0 rings (SSSR count). The number of hydrogen-bond acceptors (Lipinski definition) is 4. The Labute approximate surface area is 92.0 Å². The average molecular weight is 232 g/mol. The van der Waals surface area contributed by atoms with Gasteiger partial charge in [0, 0.05) is 12.8 Å². The van der Waals surface area contributed by atoms with Crippen LogP contribution in [0.25, 0.3) is 0 Å². The van der Waals surface area contributed by atoms with Gasteiger partial charge in [-0.15, -0.1) is 0 Å². The van der Waals surface area contributed by atoms with E-state index in [0.29, 0.717) is 12.8 Å². The Morgan fingerprint density at radius 2 is 1.27 bits per heavy atom. The first kappa shape index (κ1) is 14.3. The standard InChI is InChI=1S/C10H20N2O2S/c1-3-5-7-9(11)15(13,14)10(12)8-6-4-2/h11-12H,3-8H2,1-2H3. The van der Waals surface area contributed by atoms with Gasteiger partial charge in [-0.3, -0.25) is 10.8 Å². The van der Waals surface area contributed by atoms with Crippen LogP contribution in [0.3, 0.4) is 0 Å². The van der Waals surface area contributed by atoms with Gasteiger partial charge < -0.3 is 0 Å². The minimum absolute atomic E-state index is 0.257. The largest absolute Gasteiger partial charge is 0.293 e. The summed E-state index contributed by atoms with van der Waals surface area (Å²) in [6.45, 7) is 3.89. The molecule has 4 nitrogen and oxygen atoms in total. The Morgan fingerprint density at radius 1 is 0.933 bits per heavy atom. The molecule has 88 valence electrons. The molecule has 0 bridgehead atoms. The predicted molar refractivity (Wildman–Crippen MR) is 63.4 cm³/mol. The highest BCUT2D eigenvalue weighted by molar-refractivity contribution is 8.19. The summed E-state index contributed by atoms with van der Waals surface area (Å²) < 4.78 is 23.2. The molecule has 5 heteroatoms. The van der Waals surface area contributed by atoms with Crippen LogP contribution >= 0.6 is 0 Å². The maximum atomic E-state index is 11.6. The van der Waals surface area contributed by atoms with Crippen LogP contribution in [0, 0.1) is 10.8 Å². The van der Waals surface area contributed by atoms with Gasteiger partial charge in [0.05, 0.1) is 0 Å². The average Bonchev–Trinajstić information content (AvgIpc) is 2.21. The lowest BCUT2D eigenvalue weighted by molar-refractivity contribution is 0.614. The van der Waals surface area contributed by atoms with Crippen LogP contribution in [0.2, 0.25) is 0 Å². The van der Waals surface area contributed by atoms with Gasteiger partial charge in [-0.25, -0.2) is 8.42 Å². The van der Waals surface area contributed by atoms with Crippen molar-refractivity contribution in [1.29, 1.82) is 10.8 Å². The zero-order valence-corrected chi connectivity index (χ0v) is 10.3. The normalized spacial score (nSPS) is 11.3. The molecule has 0 aliphatic rings. The van der Waals surface area contributed by atoms with Crippen molar-refractivity contribution in [2.45, 2.75) is 52.4 Å². The molecular formula is C10H20N2O2S. The van der Waals surface area contributed by atoms with Crippen molar-refractivity contribution < 1.29 is 8.42 Å². The number of rotatable bonds is 6. The van der Waals surface area contributed by atoms with E-state index >= 15 is 0 Å². The Hall–Kier alpha value is -0.710. The van der Waals surface area contributed by atoms with Gasteiger partial charge in [0.1, 0.15) is 10.1 Å². The summed E-state index contributed by atoms with van der Waals surface area (Å²) in [6, 6.07) is 0. The molecule has 0 aliphatic heterocycles. The van der Waals surface area contributed by atoms with Crippen LogP contribution in [0.15, 0.2) is 0 Å². The SMILES string of the molecule is CCCCC(=N)S(=O)(=O)C(=N)CCCC. The van der Waals surface area contributed by atoms with Crippen LogP contribution in [0.4, 0.5) is 0 Å². The van der Waals surface area contributed by atoms with Crippen molar-refractivity contribution in [3.8, 4) is 0 Å². The van der Waals surface area contributed by atoms with Crippen molar-refractivity contribution >= 4 is 19.9 Å². The monoisotopic (exact) mass is 232 g/mol. The first-order chi connectivity index (χ1) is 6.96. The number of nitrogens with one attached hydrogen (secondary N) is 2. The van der Waals surface area contributed by atoms with Crippen LogP contribution in [-0.2, 0) is 9.84 Å². The molecule has 0 spiro atoms. The Morgan fingerprint density at radius 3 is 1.53 bits per heavy atom. The highest BCUT2D eigenvalue weighted by Crippen LogP contribution is 2.08. The molecule has 0 aromatic carbocycles. The van der Waals surface area contributed by atoms with E-state index in [0.717, 1.165) is 12.8 Å². The zero-order chi connectivity index (χ0) is 11.9. The quantitative estimate of drug-likeness (QED) is 0.545. The Balaban J connectivity index is 4.40. The number of unbranched alkanes of at least 4 members (excludes halogenated alkanes) is 2. The summed E-state index contributed by atoms with van der Waals surface area (Å²) in [4.78, 5) is 0. The summed E-state index contributed by atoms with van der Waals surface area (Å²) >= 11 is 0. The second-order valence-electron chi connectivity index (χ2n) is 3.56. The van der Waals surface area contributed by atoms with Crippen molar-refractivity contribution in [1.82, 2.24) is 0 Å². The molecule has 0 heterocycles. The molecule has 0 unspecified atom stereocenters. The first-order valence-electron chi connectivity index (χ1n) is 5.36. The van der Waals surface area contributed by atoms with Gasteiger partial charge in [0.2, 0.25) is 9.84 Å². The lowest BCUT2D eigenvalue weighted by Gasteiger charge is -2.06. The summed E-state index contributed by atoms with van der Waals surface area (Å²) in [5.74, 6) is 0. The topological polar surface area (TPSA) is 81.8 Å². The highest BCUT2D eigenvalue weighted by Gasteiger charge is 2.22. The minimum Gasteiger partial charge on any atom is -0.293 e. The second-order valence-corrected chi connectivity index (χ2v) is 5.55. The third-order valence-electron chi connectivity index (χ3n) is 2.16. The smallest absolute Gasteiger partial charge is 0.231 e. The fourth-order valence-corrected chi connectivity index (χ4v) is 2.22. The van der Waals surface area contributed by atoms with Crippen LogP contribution < -0.4 is 0 Å². The van der Waals surface area contributed by atoms with E-state index in [4.69, 9.17) is 10.8 Å². The van der Waals surface area contributed by atoms with Gasteiger partial charge in [0.15, 0.2) is 0 Å². The molecule has 0 aliphatic carbocycles. The van der Waals surface area contributed by atoms with Crippen LogP contribution in [0.1, 0.15) is 52.4 Å². The summed E-state index contributed by atoms with van der Waals surface area (Å²) in [6.07, 6.45) is 3.62. The van der Waals surface area contributed by atoms with E-state index in [2.05, 4.69) is 0 Å². The van der Waals surface area contributed by atoms with Crippen LogP contribution in [-0.4, -0.2) is 18.5 Å². The van der Waals surface area contributed by atoms with E-state index in [-0.39, 0.29) is 22.9 Å². The number of hydrogen-bond donors (Lipinski definition) is 2. The molecule has 0 atom stereocenters. The predicted octanol–water partition coefficient (Wildman–Crippen LogP) is 2.74. The van der Waals surface area contributed by atoms with E-state index < -0.39 is 9.84 Å². The molecule has 2 N–H and O–H groups in total. The van der Waals surface area contributed by atoms with Gasteiger partial charge in [-0.2, -0.15) is 0 Å². The Bertz CT molecular complexity index is 294. The van der Waals surface area contributed by atoms with Gasteiger partial charge in [-0.05, 0) is 12.8 Å². The fourth-order valence-electron chi connectivity index (χ4n) is 1.09.